The lowest BCUT2D eigenvalue weighted by atomic mass is 10.1. The van der Waals surface area contributed by atoms with Crippen LogP contribution < -0.4 is 5.32 Å². The highest BCUT2D eigenvalue weighted by atomic mass is 32.2. The van der Waals surface area contributed by atoms with Gasteiger partial charge in [0.1, 0.15) is 5.82 Å². The largest absolute Gasteiger partial charge is 0.325 e. The second kappa shape index (κ2) is 10.5. The molecule has 0 unspecified atom stereocenters. The lowest BCUT2D eigenvalue weighted by Crippen LogP contribution is -2.14. The van der Waals surface area contributed by atoms with E-state index < -0.39 is 0 Å². The van der Waals surface area contributed by atoms with Gasteiger partial charge in [-0.25, -0.2) is 0 Å². The van der Waals surface area contributed by atoms with Gasteiger partial charge in [0.25, 0.3) is 0 Å². The quantitative estimate of drug-likeness (QED) is 0.477. The predicted octanol–water partition coefficient (Wildman–Crippen LogP) is 5.19. The molecule has 0 saturated carbocycles. The molecule has 0 aliphatic carbocycles. The van der Waals surface area contributed by atoms with Gasteiger partial charge >= 0.3 is 0 Å². The van der Waals surface area contributed by atoms with Crippen molar-refractivity contribution in [2.45, 2.75) is 49.5 Å². The van der Waals surface area contributed by atoms with E-state index in [0.29, 0.717) is 5.75 Å². The van der Waals surface area contributed by atoms with Crippen molar-refractivity contribution >= 4 is 35.1 Å². The minimum absolute atomic E-state index is 0.0412. The van der Waals surface area contributed by atoms with E-state index in [1.54, 1.807) is 11.8 Å². The summed E-state index contributed by atoms with van der Waals surface area (Å²) in [5.74, 6) is 1.94. The van der Waals surface area contributed by atoms with E-state index in [-0.39, 0.29) is 5.91 Å². The molecule has 0 saturated heterocycles. The van der Waals surface area contributed by atoms with Crippen molar-refractivity contribution in [3.05, 3.63) is 65.5 Å². The Labute approximate surface area is 180 Å². The summed E-state index contributed by atoms with van der Waals surface area (Å²) >= 11 is 3.16. The minimum atomic E-state index is -0.0412. The maximum atomic E-state index is 12.3. The Morgan fingerprint density at radius 2 is 1.72 bits per heavy atom. The number of nitrogens with zero attached hydrogens (tertiary/aromatic N) is 3. The molecule has 1 aromatic heterocycles. The van der Waals surface area contributed by atoms with Crippen molar-refractivity contribution in [2.24, 2.45) is 0 Å². The summed E-state index contributed by atoms with van der Waals surface area (Å²) in [6, 6.07) is 16.4. The molecule has 2 aromatic carbocycles. The van der Waals surface area contributed by atoms with Crippen molar-refractivity contribution in [1.29, 1.82) is 0 Å². The van der Waals surface area contributed by atoms with Gasteiger partial charge in [0.2, 0.25) is 5.91 Å². The molecule has 29 heavy (non-hydrogen) atoms. The van der Waals surface area contributed by atoms with Gasteiger partial charge in [-0.2, -0.15) is 0 Å². The average Bonchev–Trinajstić information content (AvgIpc) is 3.14. The number of aromatic nitrogens is 3. The first-order valence-electron chi connectivity index (χ1n) is 9.72. The molecule has 0 aliphatic heterocycles. The summed E-state index contributed by atoms with van der Waals surface area (Å²) < 4.78 is 2.08. The second-order valence-electron chi connectivity index (χ2n) is 6.63. The van der Waals surface area contributed by atoms with E-state index in [4.69, 9.17) is 0 Å². The van der Waals surface area contributed by atoms with Crippen LogP contribution >= 0.6 is 23.5 Å². The standard InChI is InChI=1S/C22H26N4OS2/c1-4-17-8-10-18(11-9-17)23-21(27)15-29-22-25-24-20(26(22)5-2)14-28-19-12-6-16(3)7-13-19/h6-13H,4-5,14-15H2,1-3H3,(H,23,27). The number of aryl methyl sites for hydroxylation is 2. The first-order valence-corrected chi connectivity index (χ1v) is 11.7. The molecular formula is C22H26N4OS2. The molecule has 0 fully saturated rings. The van der Waals surface area contributed by atoms with Crippen LogP contribution in [-0.4, -0.2) is 26.4 Å². The van der Waals surface area contributed by atoms with Gasteiger partial charge in [-0.1, -0.05) is 48.5 Å². The highest BCUT2D eigenvalue weighted by Gasteiger charge is 2.13. The molecule has 0 spiro atoms. The predicted molar refractivity (Wildman–Crippen MR) is 122 cm³/mol. The summed E-state index contributed by atoms with van der Waals surface area (Å²) in [4.78, 5) is 13.5. The molecule has 0 radical (unpaired) electrons. The molecule has 5 nitrogen and oxygen atoms in total. The Balaban J connectivity index is 1.54. The summed E-state index contributed by atoms with van der Waals surface area (Å²) in [5, 5.41) is 12.4. The number of hydrogen-bond donors (Lipinski definition) is 1. The number of rotatable bonds is 9. The van der Waals surface area contributed by atoms with Crippen molar-refractivity contribution in [1.82, 2.24) is 14.8 Å². The topological polar surface area (TPSA) is 59.8 Å². The van der Waals surface area contributed by atoms with Gasteiger partial charge in [-0.15, -0.1) is 22.0 Å². The molecule has 152 valence electrons. The molecule has 1 N–H and O–H groups in total. The van der Waals surface area contributed by atoms with Crippen LogP contribution in [0.2, 0.25) is 0 Å². The van der Waals surface area contributed by atoms with E-state index in [1.165, 1.54) is 27.8 Å². The molecule has 0 atom stereocenters. The third-order valence-electron chi connectivity index (χ3n) is 4.48. The number of thioether (sulfide) groups is 2. The van der Waals surface area contributed by atoms with Crippen LogP contribution in [0, 0.1) is 6.92 Å². The van der Waals surface area contributed by atoms with Crippen LogP contribution in [0.25, 0.3) is 0 Å². The fourth-order valence-electron chi connectivity index (χ4n) is 2.78. The fraction of sp³-hybridized carbons (Fsp3) is 0.318. The Kier molecular flexibility index (Phi) is 7.77. The van der Waals surface area contributed by atoms with Crippen molar-refractivity contribution in [3.63, 3.8) is 0 Å². The second-order valence-corrected chi connectivity index (χ2v) is 8.62. The van der Waals surface area contributed by atoms with E-state index in [0.717, 1.165) is 35.4 Å². The Morgan fingerprint density at radius 3 is 2.38 bits per heavy atom. The molecular weight excluding hydrogens is 400 g/mol. The Morgan fingerprint density at radius 1 is 1.00 bits per heavy atom. The monoisotopic (exact) mass is 426 g/mol. The van der Waals surface area contributed by atoms with Crippen LogP contribution in [0.5, 0.6) is 0 Å². The zero-order chi connectivity index (χ0) is 20.6. The van der Waals surface area contributed by atoms with Crippen LogP contribution in [0.1, 0.15) is 30.8 Å². The first-order chi connectivity index (χ1) is 14.1. The highest BCUT2D eigenvalue weighted by Crippen LogP contribution is 2.25. The fourth-order valence-corrected chi connectivity index (χ4v) is 4.44. The highest BCUT2D eigenvalue weighted by molar-refractivity contribution is 7.99. The third kappa shape index (κ3) is 6.11. The number of anilines is 1. The van der Waals surface area contributed by atoms with E-state index >= 15 is 0 Å². The van der Waals surface area contributed by atoms with Crippen LogP contribution in [0.4, 0.5) is 5.69 Å². The van der Waals surface area contributed by atoms with Crippen molar-refractivity contribution < 1.29 is 4.79 Å². The smallest absolute Gasteiger partial charge is 0.234 e. The SMILES string of the molecule is CCc1ccc(NC(=O)CSc2nnc(CSc3ccc(C)cc3)n2CC)cc1. The van der Waals surface area contributed by atoms with Gasteiger partial charge in [0, 0.05) is 17.1 Å². The minimum Gasteiger partial charge on any atom is -0.325 e. The van der Waals surface area contributed by atoms with Crippen LogP contribution in [0.3, 0.4) is 0 Å². The Hall–Kier alpha value is -2.25. The molecule has 0 bridgehead atoms. The molecule has 3 rings (SSSR count). The molecule has 1 amide bonds. The van der Waals surface area contributed by atoms with Crippen molar-refractivity contribution in [2.75, 3.05) is 11.1 Å². The average molecular weight is 427 g/mol. The molecule has 0 aliphatic rings. The molecule has 3 aromatic rings. The zero-order valence-corrected chi connectivity index (χ0v) is 18.6. The summed E-state index contributed by atoms with van der Waals surface area (Å²) in [6.07, 6.45) is 0.987. The van der Waals surface area contributed by atoms with Gasteiger partial charge < -0.3 is 9.88 Å². The zero-order valence-electron chi connectivity index (χ0n) is 17.0. The summed E-state index contributed by atoms with van der Waals surface area (Å²) in [5.41, 5.74) is 3.33. The number of carbonyl (C=O) groups is 1. The number of benzene rings is 2. The Bertz CT molecular complexity index is 936. The number of amides is 1. The summed E-state index contributed by atoms with van der Waals surface area (Å²) in [7, 11) is 0. The van der Waals surface area contributed by atoms with Gasteiger partial charge in [-0.05, 0) is 50.1 Å². The van der Waals surface area contributed by atoms with Gasteiger partial charge in [0.05, 0.1) is 11.5 Å². The van der Waals surface area contributed by atoms with E-state index in [1.807, 2.05) is 24.3 Å². The lowest BCUT2D eigenvalue weighted by Gasteiger charge is -2.08. The summed E-state index contributed by atoms with van der Waals surface area (Å²) in [6.45, 7) is 7.05. The van der Waals surface area contributed by atoms with E-state index in [9.17, 15) is 4.79 Å². The third-order valence-corrected chi connectivity index (χ3v) is 6.45. The van der Waals surface area contributed by atoms with Crippen LogP contribution in [-0.2, 0) is 23.5 Å². The maximum absolute atomic E-state index is 12.3. The van der Waals surface area contributed by atoms with Crippen LogP contribution in [0.15, 0.2) is 58.6 Å². The molecule has 7 heteroatoms. The lowest BCUT2D eigenvalue weighted by molar-refractivity contribution is -0.113. The van der Waals surface area contributed by atoms with Crippen molar-refractivity contribution in [3.8, 4) is 0 Å². The van der Waals surface area contributed by atoms with Gasteiger partial charge in [0.15, 0.2) is 5.16 Å². The normalized spacial score (nSPS) is 10.9. The number of carbonyl (C=O) groups excluding carboxylic acids is 1. The van der Waals surface area contributed by atoms with E-state index in [2.05, 4.69) is 65.1 Å². The number of hydrogen-bond acceptors (Lipinski definition) is 5. The first kappa shape index (κ1) is 21.5. The number of nitrogens with one attached hydrogen (secondary N) is 1. The van der Waals surface area contributed by atoms with Gasteiger partial charge in [-0.3, -0.25) is 4.79 Å². The maximum Gasteiger partial charge on any atom is 0.234 e. The molecule has 1 heterocycles.